The summed E-state index contributed by atoms with van der Waals surface area (Å²) < 4.78 is 0. The number of carbonyl (C=O) groups excluding carboxylic acids is 1. The Morgan fingerprint density at radius 2 is 2.25 bits per heavy atom. The lowest BCUT2D eigenvalue weighted by Crippen LogP contribution is -2.42. The molecule has 1 atom stereocenters. The lowest BCUT2D eigenvalue weighted by Gasteiger charge is -2.28. The maximum Gasteiger partial charge on any atom is 0.223 e. The first-order valence-corrected chi connectivity index (χ1v) is 7.56. The summed E-state index contributed by atoms with van der Waals surface area (Å²) in [6.07, 6.45) is 3.35. The molecule has 1 aromatic carbocycles. The van der Waals surface area contributed by atoms with Crippen LogP contribution in [0, 0.1) is 0 Å². The minimum absolute atomic E-state index is 0.254. The summed E-state index contributed by atoms with van der Waals surface area (Å²) in [6, 6.07) is 8.17. The van der Waals surface area contributed by atoms with Crippen molar-refractivity contribution in [2.24, 2.45) is 0 Å². The van der Waals surface area contributed by atoms with Gasteiger partial charge in [-0.05, 0) is 37.4 Å². The van der Waals surface area contributed by atoms with Gasteiger partial charge in [-0.25, -0.2) is 0 Å². The van der Waals surface area contributed by atoms with Gasteiger partial charge in [0.2, 0.25) is 5.91 Å². The zero-order valence-corrected chi connectivity index (χ0v) is 12.3. The van der Waals surface area contributed by atoms with E-state index in [-0.39, 0.29) is 5.91 Å². The molecule has 1 saturated heterocycles. The second-order valence-corrected chi connectivity index (χ2v) is 5.43. The highest BCUT2D eigenvalue weighted by molar-refractivity contribution is 5.77. The van der Waals surface area contributed by atoms with Crippen LogP contribution in [0.1, 0.15) is 31.7 Å². The molecule has 1 amide bonds. The number of amides is 1. The summed E-state index contributed by atoms with van der Waals surface area (Å²) in [7, 11) is 0. The SMILES string of the molecule is CCCN(C(=O)CCc1ccccc1N)C1CCNC1. The highest BCUT2D eigenvalue weighted by Gasteiger charge is 2.25. The van der Waals surface area contributed by atoms with Crippen LogP contribution in [0.25, 0.3) is 0 Å². The molecule has 2 rings (SSSR count). The molecule has 0 aromatic heterocycles. The number of aryl methyl sites for hydroxylation is 1. The number of rotatable bonds is 6. The van der Waals surface area contributed by atoms with Gasteiger partial charge >= 0.3 is 0 Å². The Bertz CT molecular complexity index is 441. The first kappa shape index (κ1) is 14.9. The Labute approximate surface area is 121 Å². The number of nitrogens with one attached hydrogen (secondary N) is 1. The fourth-order valence-corrected chi connectivity index (χ4v) is 2.80. The zero-order chi connectivity index (χ0) is 14.4. The van der Waals surface area contributed by atoms with Gasteiger partial charge in [0.25, 0.3) is 0 Å². The van der Waals surface area contributed by atoms with Gasteiger partial charge in [-0.1, -0.05) is 25.1 Å². The number of hydrogen-bond acceptors (Lipinski definition) is 3. The maximum atomic E-state index is 12.5. The normalized spacial score (nSPS) is 18.1. The van der Waals surface area contributed by atoms with Gasteiger partial charge in [-0.3, -0.25) is 4.79 Å². The van der Waals surface area contributed by atoms with Gasteiger partial charge in [-0.2, -0.15) is 0 Å². The van der Waals surface area contributed by atoms with Crippen molar-refractivity contribution in [3.63, 3.8) is 0 Å². The predicted octanol–water partition coefficient (Wildman–Crippen LogP) is 1.80. The summed E-state index contributed by atoms with van der Waals surface area (Å²) >= 11 is 0. The molecule has 0 radical (unpaired) electrons. The Hall–Kier alpha value is -1.55. The molecule has 4 nitrogen and oxygen atoms in total. The molecule has 1 aromatic rings. The van der Waals surface area contributed by atoms with Crippen molar-refractivity contribution < 1.29 is 4.79 Å². The zero-order valence-electron chi connectivity index (χ0n) is 12.3. The molecule has 0 saturated carbocycles. The molecule has 4 heteroatoms. The minimum atomic E-state index is 0.254. The van der Waals surface area contributed by atoms with Crippen LogP contribution in [0.3, 0.4) is 0 Å². The Balaban J connectivity index is 1.93. The van der Waals surface area contributed by atoms with E-state index in [1.165, 1.54) is 0 Å². The summed E-state index contributed by atoms with van der Waals surface area (Å²) in [5.74, 6) is 0.254. The molecule has 1 aliphatic heterocycles. The number of para-hydroxylation sites is 1. The first-order valence-electron chi connectivity index (χ1n) is 7.56. The number of nitrogens with two attached hydrogens (primary N) is 1. The molecule has 1 fully saturated rings. The largest absolute Gasteiger partial charge is 0.399 e. The van der Waals surface area contributed by atoms with E-state index < -0.39 is 0 Å². The molecule has 1 aliphatic rings. The minimum Gasteiger partial charge on any atom is -0.399 e. The lowest BCUT2D eigenvalue weighted by atomic mass is 10.1. The average molecular weight is 275 g/mol. The van der Waals surface area contributed by atoms with Gasteiger partial charge in [-0.15, -0.1) is 0 Å². The van der Waals surface area contributed by atoms with E-state index in [1.807, 2.05) is 24.3 Å². The second kappa shape index (κ2) is 7.29. The number of anilines is 1. The van der Waals surface area contributed by atoms with E-state index in [9.17, 15) is 4.79 Å². The predicted molar refractivity (Wildman–Crippen MR) is 82.5 cm³/mol. The monoisotopic (exact) mass is 275 g/mol. The lowest BCUT2D eigenvalue weighted by molar-refractivity contribution is -0.133. The van der Waals surface area contributed by atoms with Crippen molar-refractivity contribution in [1.82, 2.24) is 10.2 Å². The highest BCUT2D eigenvalue weighted by Crippen LogP contribution is 2.16. The van der Waals surface area contributed by atoms with Crippen molar-refractivity contribution in [2.75, 3.05) is 25.4 Å². The van der Waals surface area contributed by atoms with Gasteiger partial charge < -0.3 is 16.0 Å². The molecule has 3 N–H and O–H groups in total. The second-order valence-electron chi connectivity index (χ2n) is 5.43. The van der Waals surface area contributed by atoms with E-state index in [4.69, 9.17) is 5.73 Å². The number of carbonyl (C=O) groups is 1. The van der Waals surface area contributed by atoms with E-state index >= 15 is 0 Å². The van der Waals surface area contributed by atoms with Gasteiger partial charge in [0.05, 0.1) is 0 Å². The summed E-state index contributed by atoms with van der Waals surface area (Å²) in [4.78, 5) is 14.5. The summed E-state index contributed by atoms with van der Waals surface area (Å²) in [5, 5.41) is 3.34. The van der Waals surface area contributed by atoms with Crippen molar-refractivity contribution in [3.8, 4) is 0 Å². The van der Waals surface area contributed by atoms with E-state index in [0.717, 1.165) is 50.1 Å². The topological polar surface area (TPSA) is 58.4 Å². The van der Waals surface area contributed by atoms with Crippen LogP contribution < -0.4 is 11.1 Å². The van der Waals surface area contributed by atoms with Gasteiger partial charge in [0, 0.05) is 31.2 Å². The van der Waals surface area contributed by atoms with E-state index in [0.29, 0.717) is 12.5 Å². The van der Waals surface area contributed by atoms with Crippen LogP contribution in [0.15, 0.2) is 24.3 Å². The standard InChI is InChI=1S/C16H25N3O/c1-2-11-19(14-9-10-18-12-14)16(20)8-7-13-5-3-4-6-15(13)17/h3-6,14,18H,2,7-12,17H2,1H3. The molecule has 0 aliphatic carbocycles. The molecule has 0 bridgehead atoms. The number of hydrogen-bond donors (Lipinski definition) is 2. The summed E-state index contributed by atoms with van der Waals surface area (Å²) in [6.45, 7) is 4.93. The van der Waals surface area contributed by atoms with Crippen LogP contribution in [-0.4, -0.2) is 36.5 Å². The maximum absolute atomic E-state index is 12.5. The molecule has 110 valence electrons. The Morgan fingerprint density at radius 3 is 2.90 bits per heavy atom. The van der Waals surface area contributed by atoms with Crippen LogP contribution in [0.2, 0.25) is 0 Å². The number of nitrogens with zero attached hydrogens (tertiary/aromatic N) is 1. The molecular formula is C16H25N3O. The molecule has 0 spiro atoms. The van der Waals surface area contributed by atoms with Crippen molar-refractivity contribution >= 4 is 11.6 Å². The average Bonchev–Trinajstić information content (AvgIpc) is 2.97. The van der Waals surface area contributed by atoms with E-state index in [2.05, 4.69) is 17.1 Å². The molecule has 20 heavy (non-hydrogen) atoms. The van der Waals surface area contributed by atoms with Gasteiger partial charge in [0.15, 0.2) is 0 Å². The van der Waals surface area contributed by atoms with Crippen molar-refractivity contribution in [1.29, 1.82) is 0 Å². The molecule has 1 unspecified atom stereocenters. The third kappa shape index (κ3) is 3.73. The Kier molecular flexibility index (Phi) is 5.41. The Morgan fingerprint density at radius 1 is 1.45 bits per heavy atom. The number of nitrogen functional groups attached to an aromatic ring is 1. The highest BCUT2D eigenvalue weighted by atomic mass is 16.2. The third-order valence-electron chi connectivity index (χ3n) is 3.92. The van der Waals surface area contributed by atoms with Crippen LogP contribution in [-0.2, 0) is 11.2 Å². The first-order chi connectivity index (χ1) is 9.72. The summed E-state index contributed by atoms with van der Waals surface area (Å²) in [5.41, 5.74) is 7.78. The molecule has 1 heterocycles. The molecular weight excluding hydrogens is 250 g/mol. The van der Waals surface area contributed by atoms with Crippen LogP contribution >= 0.6 is 0 Å². The van der Waals surface area contributed by atoms with Crippen LogP contribution in [0.4, 0.5) is 5.69 Å². The van der Waals surface area contributed by atoms with E-state index in [1.54, 1.807) is 0 Å². The number of benzene rings is 1. The quantitative estimate of drug-likeness (QED) is 0.778. The third-order valence-corrected chi connectivity index (χ3v) is 3.92. The smallest absolute Gasteiger partial charge is 0.223 e. The van der Waals surface area contributed by atoms with Crippen molar-refractivity contribution in [2.45, 2.75) is 38.6 Å². The van der Waals surface area contributed by atoms with Crippen molar-refractivity contribution in [3.05, 3.63) is 29.8 Å². The fraction of sp³-hybridized carbons (Fsp3) is 0.562. The van der Waals surface area contributed by atoms with Crippen LogP contribution in [0.5, 0.6) is 0 Å². The fourth-order valence-electron chi connectivity index (χ4n) is 2.80. The van der Waals surface area contributed by atoms with Gasteiger partial charge in [0.1, 0.15) is 0 Å².